The fourth-order valence-corrected chi connectivity index (χ4v) is 1.96. The Morgan fingerprint density at radius 2 is 1.94 bits per heavy atom. The van der Waals surface area contributed by atoms with Gasteiger partial charge in [-0.1, -0.05) is 39.0 Å². The topological polar surface area (TPSA) is 43.8 Å². The SMILES string of the molecule is CCCCCCCCn1ccnc1CCN. The number of aromatic nitrogens is 2. The van der Waals surface area contributed by atoms with E-state index in [2.05, 4.69) is 22.7 Å². The summed E-state index contributed by atoms with van der Waals surface area (Å²) in [5.74, 6) is 1.14. The minimum absolute atomic E-state index is 0.688. The molecule has 0 spiro atoms. The van der Waals surface area contributed by atoms with Crippen LogP contribution in [0.25, 0.3) is 0 Å². The molecule has 0 unspecified atom stereocenters. The molecule has 0 aliphatic rings. The van der Waals surface area contributed by atoms with Crippen molar-refractivity contribution in [3.8, 4) is 0 Å². The van der Waals surface area contributed by atoms with Gasteiger partial charge in [-0.05, 0) is 13.0 Å². The lowest BCUT2D eigenvalue weighted by Gasteiger charge is -2.06. The zero-order valence-corrected chi connectivity index (χ0v) is 10.5. The van der Waals surface area contributed by atoms with E-state index in [1.807, 2.05) is 6.20 Å². The third-order valence-corrected chi connectivity index (χ3v) is 2.92. The number of unbranched alkanes of at least 4 members (excludes halogenated alkanes) is 5. The van der Waals surface area contributed by atoms with Crippen LogP contribution in [-0.2, 0) is 13.0 Å². The van der Waals surface area contributed by atoms with Gasteiger partial charge < -0.3 is 10.3 Å². The quantitative estimate of drug-likeness (QED) is 0.654. The Bertz CT molecular complexity index is 268. The summed E-state index contributed by atoms with van der Waals surface area (Å²) in [4.78, 5) is 4.32. The second-order valence-corrected chi connectivity index (χ2v) is 4.34. The first-order valence-electron chi connectivity index (χ1n) is 6.58. The lowest BCUT2D eigenvalue weighted by atomic mass is 10.1. The summed E-state index contributed by atoms with van der Waals surface area (Å²) < 4.78 is 2.24. The second kappa shape index (κ2) is 8.34. The smallest absolute Gasteiger partial charge is 0.109 e. The highest BCUT2D eigenvalue weighted by Crippen LogP contribution is 2.07. The molecule has 92 valence electrons. The molecular formula is C13H25N3. The Labute approximate surface area is 99.1 Å². The number of nitrogens with zero attached hydrogens (tertiary/aromatic N) is 2. The van der Waals surface area contributed by atoms with Crippen LogP contribution in [0.1, 0.15) is 51.3 Å². The molecule has 0 radical (unpaired) electrons. The molecule has 3 nitrogen and oxygen atoms in total. The fraction of sp³-hybridized carbons (Fsp3) is 0.769. The summed E-state index contributed by atoms with van der Waals surface area (Å²) in [6, 6.07) is 0. The molecule has 0 fully saturated rings. The van der Waals surface area contributed by atoms with Crippen LogP contribution >= 0.6 is 0 Å². The Kier molecular flexibility index (Phi) is 6.90. The van der Waals surface area contributed by atoms with E-state index in [0.29, 0.717) is 6.54 Å². The fourth-order valence-electron chi connectivity index (χ4n) is 1.96. The molecule has 3 heteroatoms. The standard InChI is InChI=1S/C13H25N3/c1-2-3-4-5-6-7-11-16-12-10-15-13(16)8-9-14/h10,12H,2-9,11,14H2,1H3. The van der Waals surface area contributed by atoms with Crippen LogP contribution in [0.15, 0.2) is 12.4 Å². The molecule has 1 aromatic rings. The predicted octanol–water partition coefficient (Wildman–Crippen LogP) is 2.74. The summed E-state index contributed by atoms with van der Waals surface area (Å²) in [5.41, 5.74) is 5.54. The summed E-state index contributed by atoms with van der Waals surface area (Å²) in [7, 11) is 0. The van der Waals surface area contributed by atoms with Gasteiger partial charge in [-0.15, -0.1) is 0 Å². The molecule has 0 saturated carbocycles. The van der Waals surface area contributed by atoms with Gasteiger partial charge in [-0.2, -0.15) is 0 Å². The highest BCUT2D eigenvalue weighted by atomic mass is 15.1. The van der Waals surface area contributed by atoms with Gasteiger partial charge in [0.1, 0.15) is 5.82 Å². The van der Waals surface area contributed by atoms with Crippen molar-refractivity contribution < 1.29 is 0 Å². The minimum Gasteiger partial charge on any atom is -0.335 e. The number of hydrogen-bond donors (Lipinski definition) is 1. The van der Waals surface area contributed by atoms with Gasteiger partial charge in [0, 0.05) is 25.4 Å². The monoisotopic (exact) mass is 223 g/mol. The Balaban J connectivity index is 2.13. The third-order valence-electron chi connectivity index (χ3n) is 2.92. The van der Waals surface area contributed by atoms with Crippen molar-refractivity contribution in [2.45, 2.75) is 58.4 Å². The van der Waals surface area contributed by atoms with Gasteiger partial charge in [0.2, 0.25) is 0 Å². The lowest BCUT2D eigenvalue weighted by Crippen LogP contribution is -2.09. The molecule has 0 amide bonds. The summed E-state index contributed by atoms with van der Waals surface area (Å²) in [6.45, 7) is 4.04. The molecule has 1 aromatic heterocycles. The Morgan fingerprint density at radius 3 is 2.69 bits per heavy atom. The molecule has 0 aromatic carbocycles. The van der Waals surface area contributed by atoms with E-state index in [1.54, 1.807) is 0 Å². The molecular weight excluding hydrogens is 198 g/mol. The predicted molar refractivity (Wildman–Crippen MR) is 68.4 cm³/mol. The Morgan fingerprint density at radius 1 is 1.19 bits per heavy atom. The highest BCUT2D eigenvalue weighted by molar-refractivity contribution is 4.92. The van der Waals surface area contributed by atoms with Gasteiger partial charge in [-0.3, -0.25) is 0 Å². The van der Waals surface area contributed by atoms with E-state index in [-0.39, 0.29) is 0 Å². The maximum atomic E-state index is 5.54. The van der Waals surface area contributed by atoms with E-state index in [1.165, 1.54) is 38.5 Å². The van der Waals surface area contributed by atoms with Gasteiger partial charge in [0.05, 0.1) is 0 Å². The zero-order valence-electron chi connectivity index (χ0n) is 10.5. The molecule has 1 heterocycles. The minimum atomic E-state index is 0.688. The maximum Gasteiger partial charge on any atom is 0.109 e. The average molecular weight is 223 g/mol. The third kappa shape index (κ3) is 4.79. The second-order valence-electron chi connectivity index (χ2n) is 4.34. The van der Waals surface area contributed by atoms with E-state index in [0.717, 1.165) is 18.8 Å². The number of nitrogens with two attached hydrogens (primary N) is 1. The largest absolute Gasteiger partial charge is 0.335 e. The van der Waals surface area contributed by atoms with Gasteiger partial charge in [0.15, 0.2) is 0 Å². The molecule has 1 rings (SSSR count). The molecule has 2 N–H and O–H groups in total. The van der Waals surface area contributed by atoms with Crippen molar-refractivity contribution in [3.05, 3.63) is 18.2 Å². The van der Waals surface area contributed by atoms with E-state index < -0.39 is 0 Å². The van der Waals surface area contributed by atoms with Crippen molar-refractivity contribution >= 4 is 0 Å². The first-order chi connectivity index (χ1) is 7.88. The van der Waals surface area contributed by atoms with Gasteiger partial charge in [0.25, 0.3) is 0 Å². The highest BCUT2D eigenvalue weighted by Gasteiger charge is 2.00. The number of hydrogen-bond acceptors (Lipinski definition) is 2. The first-order valence-corrected chi connectivity index (χ1v) is 6.58. The Hall–Kier alpha value is -0.830. The van der Waals surface area contributed by atoms with Crippen molar-refractivity contribution in [3.63, 3.8) is 0 Å². The van der Waals surface area contributed by atoms with Crippen LogP contribution in [0.5, 0.6) is 0 Å². The van der Waals surface area contributed by atoms with Gasteiger partial charge >= 0.3 is 0 Å². The van der Waals surface area contributed by atoms with Crippen LogP contribution in [0.3, 0.4) is 0 Å². The zero-order chi connectivity index (χ0) is 11.6. The molecule has 0 saturated heterocycles. The van der Waals surface area contributed by atoms with E-state index in [9.17, 15) is 0 Å². The summed E-state index contributed by atoms with van der Waals surface area (Å²) in [5, 5.41) is 0. The summed E-state index contributed by atoms with van der Waals surface area (Å²) >= 11 is 0. The normalized spacial score (nSPS) is 10.9. The van der Waals surface area contributed by atoms with Crippen LogP contribution in [0.2, 0.25) is 0 Å². The van der Waals surface area contributed by atoms with Crippen molar-refractivity contribution in [2.24, 2.45) is 5.73 Å². The van der Waals surface area contributed by atoms with E-state index in [4.69, 9.17) is 5.73 Å². The number of rotatable bonds is 9. The molecule has 0 atom stereocenters. The summed E-state index contributed by atoms with van der Waals surface area (Å²) in [6.07, 6.45) is 12.9. The molecule has 16 heavy (non-hydrogen) atoms. The number of aryl methyl sites for hydroxylation is 1. The van der Waals surface area contributed by atoms with Crippen molar-refractivity contribution in [2.75, 3.05) is 6.54 Å². The first kappa shape index (κ1) is 13.2. The maximum absolute atomic E-state index is 5.54. The van der Waals surface area contributed by atoms with Crippen LogP contribution in [0.4, 0.5) is 0 Å². The van der Waals surface area contributed by atoms with Crippen LogP contribution < -0.4 is 5.73 Å². The molecule has 0 bridgehead atoms. The average Bonchev–Trinajstić information content (AvgIpc) is 2.72. The number of imidazole rings is 1. The van der Waals surface area contributed by atoms with Gasteiger partial charge in [-0.25, -0.2) is 4.98 Å². The molecule has 0 aliphatic carbocycles. The van der Waals surface area contributed by atoms with Crippen molar-refractivity contribution in [1.29, 1.82) is 0 Å². The van der Waals surface area contributed by atoms with Crippen molar-refractivity contribution in [1.82, 2.24) is 9.55 Å². The van der Waals surface area contributed by atoms with Crippen LogP contribution in [0, 0.1) is 0 Å². The van der Waals surface area contributed by atoms with E-state index >= 15 is 0 Å². The molecule has 0 aliphatic heterocycles. The van der Waals surface area contributed by atoms with Crippen LogP contribution in [-0.4, -0.2) is 16.1 Å². The lowest BCUT2D eigenvalue weighted by molar-refractivity contribution is 0.545.